The summed E-state index contributed by atoms with van der Waals surface area (Å²) in [6, 6.07) is -2.25. The molecule has 0 aromatic rings. The van der Waals surface area contributed by atoms with Gasteiger partial charge in [0.05, 0.1) is 6.04 Å². The molecule has 0 saturated heterocycles. The molecule has 0 aromatic heterocycles. The Morgan fingerprint density at radius 3 is 1.87 bits per heavy atom. The largest absolute Gasteiger partial charge is 0.370 e. The first-order valence-electron chi connectivity index (χ1n) is 10.9. The van der Waals surface area contributed by atoms with E-state index >= 15 is 0 Å². The second-order valence-electron chi connectivity index (χ2n) is 8.49. The smallest absolute Gasteiger partial charge is 0.243 e. The van der Waals surface area contributed by atoms with Crippen molar-refractivity contribution >= 4 is 30.0 Å². The van der Waals surface area contributed by atoms with Crippen LogP contribution in [0.1, 0.15) is 66.7 Å². The van der Waals surface area contributed by atoms with Crippen LogP contribution in [0.15, 0.2) is 4.99 Å². The van der Waals surface area contributed by atoms with Crippen molar-refractivity contribution < 1.29 is 19.2 Å². The molecule has 0 unspecified atom stereocenters. The second-order valence-corrected chi connectivity index (χ2v) is 8.49. The molecule has 0 heterocycles. The van der Waals surface area contributed by atoms with E-state index in [1.807, 2.05) is 27.7 Å². The molecule has 10 nitrogen and oxygen atoms in total. The average Bonchev–Trinajstić information content (AvgIpc) is 2.67. The molecule has 0 aliphatic rings. The third-order valence-electron chi connectivity index (χ3n) is 4.48. The number of amides is 3. The molecule has 7 N–H and O–H groups in total. The molecule has 0 aliphatic heterocycles. The van der Waals surface area contributed by atoms with E-state index in [0.29, 0.717) is 38.5 Å². The molecule has 0 aromatic carbocycles. The van der Waals surface area contributed by atoms with Crippen LogP contribution in [0.2, 0.25) is 0 Å². The van der Waals surface area contributed by atoms with Crippen LogP contribution in [0.25, 0.3) is 0 Å². The van der Waals surface area contributed by atoms with Gasteiger partial charge in [-0.25, -0.2) is 0 Å². The fourth-order valence-electron chi connectivity index (χ4n) is 2.95. The van der Waals surface area contributed by atoms with Gasteiger partial charge in [0.1, 0.15) is 18.4 Å². The summed E-state index contributed by atoms with van der Waals surface area (Å²) in [7, 11) is 0. The minimum atomic E-state index is -0.819. The molecular weight excluding hydrogens is 400 g/mol. The number of rotatable bonds is 15. The van der Waals surface area contributed by atoms with Gasteiger partial charge in [-0.05, 0) is 37.5 Å². The summed E-state index contributed by atoms with van der Waals surface area (Å²) in [5, 5.41) is 8.15. The van der Waals surface area contributed by atoms with Crippen LogP contribution in [-0.4, -0.2) is 54.6 Å². The number of carbonyl (C=O) groups is 4. The molecule has 3 atom stereocenters. The predicted molar refractivity (Wildman–Crippen MR) is 121 cm³/mol. The van der Waals surface area contributed by atoms with Gasteiger partial charge in [-0.2, -0.15) is 0 Å². The Balaban J connectivity index is 5.16. The van der Waals surface area contributed by atoms with Crippen LogP contribution in [0.4, 0.5) is 0 Å². The van der Waals surface area contributed by atoms with Crippen molar-refractivity contribution in [3.63, 3.8) is 0 Å². The van der Waals surface area contributed by atoms with Gasteiger partial charge in [-0.1, -0.05) is 34.6 Å². The van der Waals surface area contributed by atoms with Crippen LogP contribution in [0.3, 0.4) is 0 Å². The van der Waals surface area contributed by atoms with E-state index in [9.17, 15) is 19.2 Å². The topological polar surface area (TPSA) is 169 Å². The van der Waals surface area contributed by atoms with Crippen molar-refractivity contribution in [2.24, 2.45) is 28.3 Å². The molecule has 31 heavy (non-hydrogen) atoms. The zero-order valence-corrected chi connectivity index (χ0v) is 19.4. The molecule has 3 amide bonds. The van der Waals surface area contributed by atoms with Crippen molar-refractivity contribution in [2.45, 2.75) is 84.8 Å². The van der Waals surface area contributed by atoms with E-state index in [2.05, 4.69) is 20.9 Å². The number of carbonyl (C=O) groups excluding carboxylic acids is 4. The lowest BCUT2D eigenvalue weighted by atomic mass is 9.99. The van der Waals surface area contributed by atoms with E-state index in [4.69, 9.17) is 11.5 Å². The van der Waals surface area contributed by atoms with Crippen LogP contribution in [0, 0.1) is 11.8 Å². The zero-order valence-electron chi connectivity index (χ0n) is 19.4. The summed E-state index contributed by atoms with van der Waals surface area (Å²) in [5.41, 5.74) is 10.5. The maximum absolute atomic E-state index is 12.8. The minimum Gasteiger partial charge on any atom is -0.370 e. The number of nitrogens with one attached hydrogen (secondary N) is 3. The van der Waals surface area contributed by atoms with Gasteiger partial charge in [0, 0.05) is 13.0 Å². The molecule has 10 heteroatoms. The van der Waals surface area contributed by atoms with Gasteiger partial charge in [-0.3, -0.25) is 19.4 Å². The lowest BCUT2D eigenvalue weighted by Crippen LogP contribution is -2.55. The van der Waals surface area contributed by atoms with E-state index in [1.54, 1.807) is 6.92 Å². The Morgan fingerprint density at radius 2 is 1.42 bits per heavy atom. The van der Waals surface area contributed by atoms with Gasteiger partial charge in [0.25, 0.3) is 0 Å². The molecule has 0 radical (unpaired) electrons. The quantitative estimate of drug-likeness (QED) is 0.105. The maximum Gasteiger partial charge on any atom is 0.243 e. The molecule has 0 rings (SSSR count). The summed E-state index contributed by atoms with van der Waals surface area (Å²) < 4.78 is 0. The van der Waals surface area contributed by atoms with E-state index in [-0.39, 0.29) is 30.1 Å². The highest BCUT2D eigenvalue weighted by Crippen LogP contribution is 2.10. The zero-order chi connectivity index (χ0) is 24.0. The summed E-state index contributed by atoms with van der Waals surface area (Å²) >= 11 is 0. The first kappa shape index (κ1) is 28.4. The third kappa shape index (κ3) is 13.3. The normalized spacial score (nSPS) is 13.8. The Labute approximate surface area is 185 Å². The van der Waals surface area contributed by atoms with Crippen molar-refractivity contribution in [1.29, 1.82) is 0 Å². The summed E-state index contributed by atoms with van der Waals surface area (Å²) in [5.74, 6) is -0.806. The Kier molecular flexibility index (Phi) is 13.9. The molecule has 0 saturated carbocycles. The number of nitrogens with two attached hydrogens (primary N) is 2. The Bertz CT molecular complexity index is 617. The van der Waals surface area contributed by atoms with Crippen molar-refractivity contribution in [3.05, 3.63) is 0 Å². The number of hydrogen-bond donors (Lipinski definition) is 5. The monoisotopic (exact) mass is 440 g/mol. The molecular formula is C21H40N6O4. The molecule has 0 aliphatic carbocycles. The van der Waals surface area contributed by atoms with Gasteiger partial charge >= 0.3 is 0 Å². The molecule has 0 bridgehead atoms. The molecule has 0 spiro atoms. The minimum absolute atomic E-state index is 0.0301. The van der Waals surface area contributed by atoms with Crippen molar-refractivity contribution in [3.8, 4) is 0 Å². The number of nitrogens with zero attached hydrogens (tertiary/aromatic N) is 1. The number of hydrogen-bond acceptors (Lipinski definition) is 5. The van der Waals surface area contributed by atoms with Crippen molar-refractivity contribution in [2.75, 3.05) is 6.54 Å². The number of guanidine groups is 1. The number of aldehydes is 1. The van der Waals surface area contributed by atoms with Crippen LogP contribution >= 0.6 is 0 Å². The van der Waals surface area contributed by atoms with Gasteiger partial charge in [0.15, 0.2) is 5.96 Å². The lowest BCUT2D eigenvalue weighted by molar-refractivity contribution is -0.133. The summed E-state index contributed by atoms with van der Waals surface area (Å²) in [6.07, 6.45) is 2.66. The highest BCUT2D eigenvalue weighted by atomic mass is 16.2. The van der Waals surface area contributed by atoms with Crippen LogP contribution in [0.5, 0.6) is 0 Å². The second kappa shape index (κ2) is 15.2. The predicted octanol–water partition coefficient (Wildman–Crippen LogP) is 0.196. The fraction of sp³-hybridized carbons (Fsp3) is 0.762. The van der Waals surface area contributed by atoms with E-state index in [1.165, 1.54) is 0 Å². The Hall–Kier alpha value is -2.65. The molecule has 0 fully saturated rings. The first-order valence-corrected chi connectivity index (χ1v) is 10.9. The SMILES string of the molecule is CCC(=O)N[C@H](CC(C)C)C(=O)N[C@H](CC(C)C)C(=O)N[C@@H](C=O)CCCN=C(N)N. The number of aliphatic imine (C=N–C) groups is 1. The standard InChI is InChI=1S/C21H40N6O4/c1-6-18(29)26-16(10-13(2)3)20(31)27-17(11-14(4)5)19(30)25-15(12-28)8-7-9-24-21(22)23/h12-17H,6-11H2,1-5H3,(H,25,30)(H,26,29)(H,27,31)(H4,22,23,24)/t15-,16-,17-/m1/s1. The van der Waals surface area contributed by atoms with Gasteiger partial charge in [-0.15, -0.1) is 0 Å². The first-order chi connectivity index (χ1) is 14.5. The van der Waals surface area contributed by atoms with Gasteiger partial charge in [0.2, 0.25) is 17.7 Å². The summed E-state index contributed by atoms with van der Waals surface area (Å²) in [6.45, 7) is 9.83. The van der Waals surface area contributed by atoms with Crippen LogP contribution < -0.4 is 27.4 Å². The van der Waals surface area contributed by atoms with E-state index in [0.717, 1.165) is 0 Å². The molecule has 178 valence electrons. The highest BCUT2D eigenvalue weighted by Gasteiger charge is 2.28. The maximum atomic E-state index is 12.8. The Morgan fingerprint density at radius 1 is 0.903 bits per heavy atom. The van der Waals surface area contributed by atoms with Crippen LogP contribution in [-0.2, 0) is 19.2 Å². The third-order valence-corrected chi connectivity index (χ3v) is 4.48. The van der Waals surface area contributed by atoms with Gasteiger partial charge < -0.3 is 32.2 Å². The van der Waals surface area contributed by atoms with Crippen molar-refractivity contribution in [1.82, 2.24) is 16.0 Å². The van der Waals surface area contributed by atoms with E-state index < -0.39 is 29.9 Å². The fourth-order valence-corrected chi connectivity index (χ4v) is 2.95. The average molecular weight is 441 g/mol. The highest BCUT2D eigenvalue weighted by molar-refractivity contribution is 5.92. The summed E-state index contributed by atoms with van der Waals surface area (Å²) in [4.78, 5) is 52.7. The lowest BCUT2D eigenvalue weighted by Gasteiger charge is -2.26.